The molecule has 3 rings (SSSR count). The van der Waals surface area contributed by atoms with E-state index in [0.717, 1.165) is 30.0 Å². The third-order valence-corrected chi connectivity index (χ3v) is 3.78. The molecular formula is C17H20N4O. The number of benzene rings is 1. The average molecular weight is 296 g/mol. The van der Waals surface area contributed by atoms with Crippen LogP contribution in [0.3, 0.4) is 0 Å². The van der Waals surface area contributed by atoms with E-state index in [2.05, 4.69) is 27.5 Å². The first-order chi connectivity index (χ1) is 10.8. The molecule has 0 aliphatic carbocycles. The lowest BCUT2D eigenvalue weighted by Gasteiger charge is -2.17. The average Bonchev–Trinajstić information content (AvgIpc) is 2.93. The fourth-order valence-corrected chi connectivity index (χ4v) is 2.67. The van der Waals surface area contributed by atoms with E-state index in [1.54, 1.807) is 6.20 Å². The van der Waals surface area contributed by atoms with Crippen LogP contribution in [0.25, 0.3) is 5.52 Å². The van der Waals surface area contributed by atoms with Crippen molar-refractivity contribution < 1.29 is 5.11 Å². The number of aliphatic hydroxyl groups excluding tert-OH is 1. The van der Waals surface area contributed by atoms with Crippen LogP contribution in [0.4, 0.5) is 5.82 Å². The number of fused-ring (bicyclic) bond motifs is 1. The zero-order valence-corrected chi connectivity index (χ0v) is 12.6. The molecule has 0 spiro atoms. The standard InChI is InChI=1S/C17H20N4O/c1-13-11-16-17(18-8-9-21(16)20-13)19-12-15(7-10-22)14-5-3-2-4-6-14/h2-6,8-9,11,15,22H,7,10,12H2,1H3,(H,18,19). The van der Waals surface area contributed by atoms with Crippen molar-refractivity contribution >= 4 is 11.3 Å². The molecule has 5 heteroatoms. The number of aliphatic hydroxyl groups is 1. The van der Waals surface area contributed by atoms with Crippen LogP contribution < -0.4 is 5.32 Å². The first-order valence-electron chi connectivity index (χ1n) is 7.48. The normalized spacial score (nSPS) is 12.5. The Labute approximate surface area is 129 Å². The molecule has 114 valence electrons. The van der Waals surface area contributed by atoms with Gasteiger partial charge < -0.3 is 10.4 Å². The molecule has 22 heavy (non-hydrogen) atoms. The minimum Gasteiger partial charge on any atom is -0.396 e. The van der Waals surface area contributed by atoms with Crippen LogP contribution in [0.15, 0.2) is 48.8 Å². The number of hydrogen-bond acceptors (Lipinski definition) is 4. The van der Waals surface area contributed by atoms with Crippen molar-refractivity contribution in [1.82, 2.24) is 14.6 Å². The smallest absolute Gasteiger partial charge is 0.152 e. The Morgan fingerprint density at radius 1 is 1.27 bits per heavy atom. The lowest BCUT2D eigenvalue weighted by atomic mass is 9.96. The van der Waals surface area contributed by atoms with Crippen LogP contribution in [0, 0.1) is 6.92 Å². The molecule has 2 heterocycles. The van der Waals surface area contributed by atoms with Gasteiger partial charge >= 0.3 is 0 Å². The molecule has 0 aliphatic heterocycles. The molecule has 0 amide bonds. The zero-order chi connectivity index (χ0) is 15.4. The highest BCUT2D eigenvalue weighted by molar-refractivity contribution is 5.67. The van der Waals surface area contributed by atoms with Gasteiger partial charge in [-0.1, -0.05) is 30.3 Å². The van der Waals surface area contributed by atoms with Gasteiger partial charge in [-0.2, -0.15) is 5.10 Å². The third-order valence-electron chi connectivity index (χ3n) is 3.78. The van der Waals surface area contributed by atoms with Gasteiger partial charge in [0, 0.05) is 31.5 Å². The highest BCUT2D eigenvalue weighted by atomic mass is 16.3. The molecule has 5 nitrogen and oxygen atoms in total. The Balaban J connectivity index is 1.79. The minimum absolute atomic E-state index is 0.171. The topological polar surface area (TPSA) is 62.5 Å². The molecule has 0 saturated heterocycles. The Bertz CT molecular complexity index is 739. The molecule has 3 aromatic rings. The summed E-state index contributed by atoms with van der Waals surface area (Å²) in [6.45, 7) is 2.86. The van der Waals surface area contributed by atoms with Gasteiger partial charge in [0.2, 0.25) is 0 Å². The van der Waals surface area contributed by atoms with Gasteiger partial charge in [-0.25, -0.2) is 9.50 Å². The molecule has 0 radical (unpaired) electrons. The summed E-state index contributed by atoms with van der Waals surface area (Å²) < 4.78 is 1.83. The molecular weight excluding hydrogens is 276 g/mol. The number of anilines is 1. The maximum atomic E-state index is 9.31. The number of nitrogens with zero attached hydrogens (tertiary/aromatic N) is 3. The Hall–Kier alpha value is -2.40. The summed E-state index contributed by atoms with van der Waals surface area (Å²) in [6, 6.07) is 12.3. The Morgan fingerprint density at radius 3 is 2.86 bits per heavy atom. The summed E-state index contributed by atoms with van der Waals surface area (Å²) in [5.74, 6) is 1.07. The van der Waals surface area contributed by atoms with Crippen molar-refractivity contribution in [2.75, 3.05) is 18.5 Å². The monoisotopic (exact) mass is 296 g/mol. The van der Waals surface area contributed by atoms with Crippen molar-refractivity contribution in [3.8, 4) is 0 Å². The van der Waals surface area contributed by atoms with Crippen LogP contribution in [0.5, 0.6) is 0 Å². The fraction of sp³-hybridized carbons (Fsp3) is 0.294. The first kappa shape index (κ1) is 14.5. The van der Waals surface area contributed by atoms with E-state index in [-0.39, 0.29) is 12.5 Å². The third kappa shape index (κ3) is 3.09. The largest absolute Gasteiger partial charge is 0.396 e. The van der Waals surface area contributed by atoms with Gasteiger partial charge in [0.05, 0.1) is 5.69 Å². The summed E-state index contributed by atoms with van der Waals surface area (Å²) >= 11 is 0. The van der Waals surface area contributed by atoms with E-state index in [4.69, 9.17) is 0 Å². The number of rotatable bonds is 6. The van der Waals surface area contributed by atoms with Crippen molar-refractivity contribution in [2.45, 2.75) is 19.3 Å². The lowest BCUT2D eigenvalue weighted by molar-refractivity contribution is 0.277. The maximum Gasteiger partial charge on any atom is 0.152 e. The van der Waals surface area contributed by atoms with E-state index < -0.39 is 0 Å². The SMILES string of the molecule is Cc1cc2c(NCC(CCO)c3ccccc3)nccn2n1. The van der Waals surface area contributed by atoms with E-state index in [1.807, 2.05) is 41.9 Å². The molecule has 2 N–H and O–H groups in total. The predicted octanol–water partition coefficient (Wildman–Crippen LogP) is 2.62. The van der Waals surface area contributed by atoms with Gasteiger partial charge in [-0.3, -0.25) is 0 Å². The summed E-state index contributed by atoms with van der Waals surface area (Å²) in [5, 5.41) is 17.1. The van der Waals surface area contributed by atoms with Crippen LogP contribution in [0.2, 0.25) is 0 Å². The van der Waals surface area contributed by atoms with Crippen LogP contribution >= 0.6 is 0 Å². The van der Waals surface area contributed by atoms with Gasteiger partial charge in [0.1, 0.15) is 5.52 Å². The van der Waals surface area contributed by atoms with Crippen molar-refractivity contribution in [3.63, 3.8) is 0 Å². The van der Waals surface area contributed by atoms with Crippen molar-refractivity contribution in [3.05, 3.63) is 60.0 Å². The summed E-state index contributed by atoms with van der Waals surface area (Å²) in [6.07, 6.45) is 4.31. The summed E-state index contributed by atoms with van der Waals surface area (Å²) in [4.78, 5) is 4.41. The molecule has 0 aliphatic rings. The summed E-state index contributed by atoms with van der Waals surface area (Å²) in [5.41, 5.74) is 3.16. The Morgan fingerprint density at radius 2 is 2.09 bits per heavy atom. The fourth-order valence-electron chi connectivity index (χ4n) is 2.67. The molecule has 0 fully saturated rings. The van der Waals surface area contributed by atoms with Gasteiger partial charge in [-0.15, -0.1) is 0 Å². The molecule has 2 aromatic heterocycles. The number of nitrogens with one attached hydrogen (secondary N) is 1. The van der Waals surface area contributed by atoms with Crippen molar-refractivity contribution in [1.29, 1.82) is 0 Å². The Kier molecular flexibility index (Phi) is 4.34. The van der Waals surface area contributed by atoms with E-state index in [0.29, 0.717) is 0 Å². The number of aryl methyl sites for hydroxylation is 1. The van der Waals surface area contributed by atoms with Crippen LogP contribution in [-0.2, 0) is 0 Å². The van der Waals surface area contributed by atoms with Gasteiger partial charge in [0.15, 0.2) is 5.82 Å². The van der Waals surface area contributed by atoms with E-state index in [9.17, 15) is 5.11 Å². The van der Waals surface area contributed by atoms with Gasteiger partial charge in [-0.05, 0) is 25.0 Å². The highest BCUT2D eigenvalue weighted by Crippen LogP contribution is 2.21. The maximum absolute atomic E-state index is 9.31. The quantitative estimate of drug-likeness (QED) is 0.734. The minimum atomic E-state index is 0.171. The lowest BCUT2D eigenvalue weighted by Crippen LogP contribution is -2.15. The zero-order valence-electron chi connectivity index (χ0n) is 12.6. The molecule has 1 atom stereocenters. The highest BCUT2D eigenvalue weighted by Gasteiger charge is 2.12. The molecule has 0 saturated carbocycles. The number of aromatic nitrogens is 3. The first-order valence-corrected chi connectivity index (χ1v) is 7.48. The van der Waals surface area contributed by atoms with Crippen LogP contribution in [-0.4, -0.2) is 32.9 Å². The predicted molar refractivity (Wildman–Crippen MR) is 87.1 cm³/mol. The van der Waals surface area contributed by atoms with E-state index in [1.165, 1.54) is 5.56 Å². The molecule has 1 aromatic carbocycles. The van der Waals surface area contributed by atoms with Crippen molar-refractivity contribution in [2.24, 2.45) is 0 Å². The van der Waals surface area contributed by atoms with Crippen LogP contribution in [0.1, 0.15) is 23.6 Å². The van der Waals surface area contributed by atoms with E-state index >= 15 is 0 Å². The second-order valence-corrected chi connectivity index (χ2v) is 5.39. The molecule has 0 bridgehead atoms. The second-order valence-electron chi connectivity index (χ2n) is 5.39. The number of hydrogen-bond donors (Lipinski definition) is 2. The second kappa shape index (κ2) is 6.58. The van der Waals surface area contributed by atoms with Gasteiger partial charge in [0.25, 0.3) is 0 Å². The summed E-state index contributed by atoms with van der Waals surface area (Å²) in [7, 11) is 0. The molecule has 1 unspecified atom stereocenters.